The van der Waals surface area contributed by atoms with Crippen LogP contribution < -0.4 is 0 Å². The van der Waals surface area contributed by atoms with Crippen molar-refractivity contribution in [3.63, 3.8) is 0 Å². The molecule has 0 aliphatic heterocycles. The second kappa shape index (κ2) is 23.6. The number of carboxylic acid groups (broad SMARTS) is 1. The van der Waals surface area contributed by atoms with Gasteiger partial charge in [-0.2, -0.15) is 0 Å². The molecule has 0 heterocycles. The first-order valence-corrected chi connectivity index (χ1v) is 14.0. The molecule has 0 amide bonds. The average molecular weight is 535 g/mol. The van der Waals surface area contributed by atoms with Gasteiger partial charge in [-0.1, -0.05) is 93.4 Å². The summed E-state index contributed by atoms with van der Waals surface area (Å²) in [6.07, 6.45) is 28.9. The van der Waals surface area contributed by atoms with Gasteiger partial charge in [0, 0.05) is 12.8 Å². The molecule has 0 saturated heterocycles. The molecule has 2 N–H and O–H groups in total. The highest BCUT2D eigenvalue weighted by Crippen LogP contribution is 2.10. The van der Waals surface area contributed by atoms with Crippen molar-refractivity contribution in [1.29, 1.82) is 0 Å². The molecule has 0 radical (unpaired) electrons. The number of hydrogen-bond acceptors (Lipinski definition) is 5. The van der Waals surface area contributed by atoms with Gasteiger partial charge in [0.2, 0.25) is 0 Å². The number of quaternary nitrogens is 1. The van der Waals surface area contributed by atoms with Crippen molar-refractivity contribution >= 4 is 11.9 Å². The Labute approximate surface area is 230 Å². The molecule has 0 bridgehead atoms. The number of carbonyl (C=O) groups excluding carboxylic acids is 1. The van der Waals surface area contributed by atoms with E-state index in [0.717, 1.165) is 44.9 Å². The van der Waals surface area contributed by atoms with E-state index in [-0.39, 0.29) is 25.8 Å². The number of ether oxygens (including phenoxy) is 2. The Kier molecular flexibility index (Phi) is 22.1. The van der Waals surface area contributed by atoms with Crippen LogP contribution >= 0.6 is 0 Å². The van der Waals surface area contributed by atoms with E-state index in [2.05, 4.69) is 31.2 Å². The second-order valence-corrected chi connectivity index (χ2v) is 10.3. The number of carboxylic acids is 1. The maximum atomic E-state index is 11.9. The third kappa shape index (κ3) is 22.7. The van der Waals surface area contributed by atoms with Gasteiger partial charge in [-0.3, -0.25) is 4.79 Å². The van der Waals surface area contributed by atoms with E-state index in [1.54, 1.807) is 0 Å². The highest BCUT2D eigenvalue weighted by molar-refractivity contribution is 5.72. The summed E-state index contributed by atoms with van der Waals surface area (Å²) in [7, 11) is 5.45. The normalized spacial score (nSPS) is 14.4. The lowest BCUT2D eigenvalue weighted by Crippen LogP contribution is -2.50. The van der Waals surface area contributed by atoms with Crippen LogP contribution in [0.5, 0.6) is 0 Å². The SMILES string of the molecule is CCC/C=C/C=C/C=C/C=C/C=C/CCCCCCCC(=O)OCC(O)COCCC(C(=O)O)[N+](C)(C)C. The smallest absolute Gasteiger partial charge is 0.362 e. The Morgan fingerprint density at radius 3 is 1.92 bits per heavy atom. The summed E-state index contributed by atoms with van der Waals surface area (Å²) in [5.74, 6) is -1.19. The third-order valence-corrected chi connectivity index (χ3v) is 5.76. The molecule has 7 heteroatoms. The average Bonchev–Trinajstić information content (AvgIpc) is 2.85. The first-order chi connectivity index (χ1) is 18.2. The first-order valence-electron chi connectivity index (χ1n) is 14.0. The molecule has 0 spiro atoms. The number of likely N-dealkylation sites (N-methyl/N-ethyl adjacent to an activating group) is 1. The number of unbranched alkanes of at least 4 members (excludes halogenated alkanes) is 6. The second-order valence-electron chi connectivity index (χ2n) is 10.3. The van der Waals surface area contributed by atoms with Gasteiger partial charge in [0.25, 0.3) is 0 Å². The largest absolute Gasteiger partial charge is 0.477 e. The number of rotatable bonds is 23. The van der Waals surface area contributed by atoms with Crippen LogP contribution in [0.25, 0.3) is 0 Å². The minimum Gasteiger partial charge on any atom is -0.477 e. The summed E-state index contributed by atoms with van der Waals surface area (Å²) in [6.45, 7) is 2.28. The zero-order valence-corrected chi connectivity index (χ0v) is 24.1. The quantitative estimate of drug-likeness (QED) is 0.0748. The van der Waals surface area contributed by atoms with E-state index in [4.69, 9.17) is 9.47 Å². The lowest BCUT2D eigenvalue weighted by molar-refractivity contribution is -0.887. The summed E-state index contributed by atoms with van der Waals surface area (Å²) in [5, 5.41) is 19.2. The summed E-state index contributed by atoms with van der Waals surface area (Å²) in [4.78, 5) is 23.2. The molecule has 7 nitrogen and oxygen atoms in total. The molecule has 0 aromatic heterocycles. The Morgan fingerprint density at radius 2 is 1.34 bits per heavy atom. The van der Waals surface area contributed by atoms with Crippen molar-refractivity contribution in [2.75, 3.05) is 41.0 Å². The maximum Gasteiger partial charge on any atom is 0.362 e. The fourth-order valence-corrected chi connectivity index (χ4v) is 3.53. The van der Waals surface area contributed by atoms with Gasteiger partial charge in [0.1, 0.15) is 12.7 Å². The van der Waals surface area contributed by atoms with Gasteiger partial charge in [-0.15, -0.1) is 0 Å². The standard InChI is InChI=1S/C31H51NO6/c1-5-6-7-8-9-10-11-12-13-14-15-16-17-18-19-20-21-22-23-30(34)38-27-28(33)26-37-25-24-29(31(35)36)32(2,3)4/h7-16,28-29,33H,5-6,17-27H2,1-4H3/p+1/b8-7+,10-9+,12-11+,14-13+,16-15+. The van der Waals surface area contributed by atoms with Crippen LogP contribution in [-0.4, -0.2) is 79.7 Å². The Balaban J connectivity index is 3.69. The molecule has 216 valence electrons. The first kappa shape index (κ1) is 35.5. The van der Waals surface area contributed by atoms with Crippen LogP contribution in [0.1, 0.15) is 71.1 Å². The van der Waals surface area contributed by atoms with E-state index in [9.17, 15) is 19.8 Å². The number of aliphatic hydroxyl groups excluding tert-OH is 1. The molecule has 2 atom stereocenters. The topological polar surface area (TPSA) is 93.1 Å². The van der Waals surface area contributed by atoms with Crippen LogP contribution in [0.15, 0.2) is 60.8 Å². The molecule has 0 aliphatic rings. The monoisotopic (exact) mass is 534 g/mol. The van der Waals surface area contributed by atoms with Crippen molar-refractivity contribution in [3.8, 4) is 0 Å². The molecule has 0 aliphatic carbocycles. The van der Waals surface area contributed by atoms with Gasteiger partial charge >= 0.3 is 11.9 Å². The molecular formula is C31H52NO6+. The molecule has 0 rings (SSSR count). The van der Waals surface area contributed by atoms with Crippen LogP contribution in [0, 0.1) is 0 Å². The maximum absolute atomic E-state index is 11.9. The predicted octanol–water partition coefficient (Wildman–Crippen LogP) is 5.77. The van der Waals surface area contributed by atoms with Crippen molar-refractivity contribution in [2.24, 2.45) is 0 Å². The Morgan fingerprint density at radius 1 is 0.789 bits per heavy atom. The number of esters is 1. The summed E-state index contributed by atoms with van der Waals surface area (Å²) in [6, 6.07) is -0.581. The zero-order chi connectivity index (χ0) is 28.5. The summed E-state index contributed by atoms with van der Waals surface area (Å²) < 4.78 is 10.8. The number of hydrogen-bond donors (Lipinski definition) is 2. The molecule has 0 saturated carbocycles. The van der Waals surface area contributed by atoms with Gasteiger partial charge in [-0.25, -0.2) is 4.79 Å². The molecule has 0 aromatic carbocycles. The van der Waals surface area contributed by atoms with Crippen molar-refractivity contribution in [3.05, 3.63) is 60.8 Å². The molecule has 2 unspecified atom stereocenters. The molecule has 0 fully saturated rings. The highest BCUT2D eigenvalue weighted by atomic mass is 16.5. The number of carbonyl (C=O) groups is 2. The predicted molar refractivity (Wildman–Crippen MR) is 155 cm³/mol. The number of aliphatic carboxylic acids is 1. The van der Waals surface area contributed by atoms with E-state index in [1.807, 2.05) is 57.6 Å². The van der Waals surface area contributed by atoms with Crippen LogP contribution in [0.4, 0.5) is 0 Å². The Bertz CT molecular complexity index is 761. The van der Waals surface area contributed by atoms with Gasteiger partial charge < -0.3 is 24.2 Å². The number of allylic oxidation sites excluding steroid dienone is 10. The fraction of sp³-hybridized carbons (Fsp3) is 0.613. The van der Waals surface area contributed by atoms with E-state index < -0.39 is 18.1 Å². The van der Waals surface area contributed by atoms with Crippen LogP contribution in [-0.2, 0) is 19.1 Å². The fourth-order valence-electron chi connectivity index (χ4n) is 3.53. The van der Waals surface area contributed by atoms with E-state index in [1.165, 1.54) is 6.42 Å². The van der Waals surface area contributed by atoms with Crippen molar-refractivity contribution < 1.29 is 33.8 Å². The summed E-state index contributed by atoms with van der Waals surface area (Å²) in [5.41, 5.74) is 0. The van der Waals surface area contributed by atoms with Gasteiger partial charge in [0.05, 0.1) is 34.4 Å². The van der Waals surface area contributed by atoms with E-state index in [0.29, 0.717) is 17.3 Å². The molecule has 38 heavy (non-hydrogen) atoms. The van der Waals surface area contributed by atoms with Gasteiger partial charge in [-0.05, 0) is 25.7 Å². The highest BCUT2D eigenvalue weighted by Gasteiger charge is 2.30. The van der Waals surface area contributed by atoms with E-state index >= 15 is 0 Å². The van der Waals surface area contributed by atoms with Crippen LogP contribution in [0.3, 0.4) is 0 Å². The third-order valence-electron chi connectivity index (χ3n) is 5.76. The number of aliphatic hydroxyl groups is 1. The zero-order valence-electron chi connectivity index (χ0n) is 24.1. The van der Waals surface area contributed by atoms with Crippen LogP contribution in [0.2, 0.25) is 0 Å². The minimum atomic E-state index is -0.917. The lowest BCUT2D eigenvalue weighted by atomic mass is 10.1. The van der Waals surface area contributed by atoms with Gasteiger partial charge in [0.15, 0.2) is 6.04 Å². The Hall–Kier alpha value is -2.48. The van der Waals surface area contributed by atoms with Crippen molar-refractivity contribution in [2.45, 2.75) is 83.3 Å². The molecule has 0 aromatic rings. The van der Waals surface area contributed by atoms with Crippen molar-refractivity contribution in [1.82, 2.24) is 0 Å². The lowest BCUT2D eigenvalue weighted by Gasteiger charge is -2.31. The number of nitrogens with zero attached hydrogens (tertiary/aromatic N) is 1. The minimum absolute atomic E-state index is 0.00601. The molecular weight excluding hydrogens is 482 g/mol. The summed E-state index contributed by atoms with van der Waals surface area (Å²) >= 11 is 0.